The summed E-state index contributed by atoms with van der Waals surface area (Å²) in [7, 11) is -3.45. The average Bonchev–Trinajstić information content (AvgIpc) is 2.91. The fourth-order valence-corrected chi connectivity index (χ4v) is 4.66. The Balaban J connectivity index is 2.19. The second-order valence-corrected chi connectivity index (χ2v) is 7.55. The zero-order chi connectivity index (χ0) is 15.5. The van der Waals surface area contributed by atoms with E-state index in [0.717, 1.165) is 37.9 Å². The molecule has 1 aliphatic rings. The summed E-state index contributed by atoms with van der Waals surface area (Å²) in [6.07, 6.45) is 7.09. The number of aryl methyl sites for hydroxylation is 1. The van der Waals surface area contributed by atoms with Crippen LogP contribution in [0, 0.1) is 5.92 Å². The van der Waals surface area contributed by atoms with Crippen LogP contribution < -0.4 is 10.5 Å². The Morgan fingerprint density at radius 3 is 2.62 bits per heavy atom. The molecule has 0 amide bonds. The minimum Gasteiger partial charge on any atom is -0.349 e. The third-order valence-corrected chi connectivity index (χ3v) is 6.02. The van der Waals surface area contributed by atoms with Crippen LogP contribution in [0.15, 0.2) is 17.2 Å². The van der Waals surface area contributed by atoms with Crippen LogP contribution in [0.1, 0.15) is 51.6 Å². The van der Waals surface area contributed by atoms with Gasteiger partial charge in [-0.25, -0.2) is 13.1 Å². The lowest BCUT2D eigenvalue weighted by Gasteiger charge is -2.31. The number of nitrogens with zero attached hydrogens (tertiary/aromatic N) is 1. The molecule has 0 saturated heterocycles. The summed E-state index contributed by atoms with van der Waals surface area (Å²) in [5, 5.41) is 0. The van der Waals surface area contributed by atoms with Crippen LogP contribution >= 0.6 is 0 Å². The van der Waals surface area contributed by atoms with Crippen LogP contribution in [-0.2, 0) is 23.1 Å². The molecule has 1 saturated carbocycles. The van der Waals surface area contributed by atoms with Crippen LogP contribution in [-0.4, -0.2) is 19.0 Å². The van der Waals surface area contributed by atoms with Gasteiger partial charge in [-0.3, -0.25) is 0 Å². The van der Waals surface area contributed by atoms with E-state index in [0.29, 0.717) is 17.4 Å². The molecular formula is C15H27N3O2S. The molecule has 2 rings (SSSR count). The van der Waals surface area contributed by atoms with Crippen molar-refractivity contribution in [1.29, 1.82) is 0 Å². The Labute approximate surface area is 128 Å². The van der Waals surface area contributed by atoms with Gasteiger partial charge in [0.2, 0.25) is 10.0 Å². The normalized spacial score (nSPS) is 23.4. The van der Waals surface area contributed by atoms with Gasteiger partial charge in [0.05, 0.1) is 4.90 Å². The highest BCUT2D eigenvalue weighted by Gasteiger charge is 2.29. The Morgan fingerprint density at radius 1 is 1.33 bits per heavy atom. The van der Waals surface area contributed by atoms with E-state index in [1.165, 1.54) is 6.42 Å². The molecule has 2 unspecified atom stereocenters. The summed E-state index contributed by atoms with van der Waals surface area (Å²) < 4.78 is 30.0. The largest absolute Gasteiger partial charge is 0.349 e. The third-order valence-electron chi connectivity index (χ3n) is 4.56. The van der Waals surface area contributed by atoms with Gasteiger partial charge < -0.3 is 10.3 Å². The Hall–Kier alpha value is -0.850. The SMILES string of the molecule is CCC1CCCCC1NS(=O)(=O)c1cc(CN)n(CC)c1. The van der Waals surface area contributed by atoms with Gasteiger partial charge in [-0.15, -0.1) is 0 Å². The summed E-state index contributed by atoms with van der Waals surface area (Å²) in [6.45, 7) is 5.20. The van der Waals surface area contributed by atoms with E-state index < -0.39 is 10.0 Å². The highest BCUT2D eigenvalue weighted by molar-refractivity contribution is 7.89. The predicted molar refractivity (Wildman–Crippen MR) is 84.4 cm³/mol. The topological polar surface area (TPSA) is 77.1 Å². The summed E-state index contributed by atoms with van der Waals surface area (Å²) in [4.78, 5) is 0.338. The first-order valence-corrected chi connectivity index (χ1v) is 9.41. The van der Waals surface area contributed by atoms with Gasteiger partial charge in [0.15, 0.2) is 0 Å². The molecular weight excluding hydrogens is 286 g/mol. The molecule has 1 heterocycles. The monoisotopic (exact) mass is 313 g/mol. The molecule has 3 N–H and O–H groups in total. The summed E-state index contributed by atoms with van der Waals surface area (Å²) in [5.74, 6) is 0.454. The van der Waals surface area contributed by atoms with Gasteiger partial charge in [0.1, 0.15) is 0 Å². The van der Waals surface area contributed by atoms with Crippen molar-refractivity contribution in [2.24, 2.45) is 11.7 Å². The molecule has 0 radical (unpaired) electrons. The van der Waals surface area contributed by atoms with E-state index >= 15 is 0 Å². The first kappa shape index (κ1) is 16.5. The van der Waals surface area contributed by atoms with E-state index in [-0.39, 0.29) is 6.04 Å². The van der Waals surface area contributed by atoms with Gasteiger partial charge in [-0.05, 0) is 31.7 Å². The molecule has 0 bridgehead atoms. The van der Waals surface area contributed by atoms with Crippen molar-refractivity contribution in [3.8, 4) is 0 Å². The van der Waals surface area contributed by atoms with Crippen LogP contribution in [0.3, 0.4) is 0 Å². The van der Waals surface area contributed by atoms with E-state index in [4.69, 9.17) is 5.73 Å². The van der Waals surface area contributed by atoms with Crippen LogP contribution in [0.5, 0.6) is 0 Å². The molecule has 0 spiro atoms. The molecule has 6 heteroatoms. The number of hydrogen-bond acceptors (Lipinski definition) is 3. The molecule has 1 aliphatic carbocycles. The minimum absolute atomic E-state index is 0.0695. The lowest BCUT2D eigenvalue weighted by molar-refractivity contribution is 0.282. The Morgan fingerprint density at radius 2 is 2.05 bits per heavy atom. The van der Waals surface area contributed by atoms with Crippen molar-refractivity contribution in [2.45, 2.75) is 70.0 Å². The second kappa shape index (κ2) is 6.94. The molecule has 2 atom stereocenters. The van der Waals surface area contributed by atoms with Crippen molar-refractivity contribution in [2.75, 3.05) is 0 Å². The van der Waals surface area contributed by atoms with E-state index in [1.54, 1.807) is 12.3 Å². The molecule has 120 valence electrons. The van der Waals surface area contributed by atoms with E-state index in [9.17, 15) is 8.42 Å². The molecule has 0 aromatic carbocycles. The van der Waals surface area contributed by atoms with Gasteiger partial charge in [0, 0.05) is 31.0 Å². The van der Waals surface area contributed by atoms with Crippen LogP contribution in [0.2, 0.25) is 0 Å². The predicted octanol–water partition coefficient (Wildman–Crippen LogP) is 2.21. The van der Waals surface area contributed by atoms with Gasteiger partial charge in [-0.1, -0.05) is 26.2 Å². The zero-order valence-corrected chi connectivity index (χ0v) is 13.8. The summed E-state index contributed by atoms with van der Waals surface area (Å²) in [5.41, 5.74) is 6.53. The van der Waals surface area contributed by atoms with Gasteiger partial charge >= 0.3 is 0 Å². The minimum atomic E-state index is -3.45. The second-order valence-electron chi connectivity index (χ2n) is 5.84. The third kappa shape index (κ3) is 3.67. The van der Waals surface area contributed by atoms with E-state index in [1.807, 2.05) is 11.5 Å². The number of nitrogens with two attached hydrogens (primary N) is 1. The quantitative estimate of drug-likeness (QED) is 0.845. The number of nitrogens with one attached hydrogen (secondary N) is 1. The summed E-state index contributed by atoms with van der Waals surface area (Å²) in [6, 6.07) is 1.76. The van der Waals surface area contributed by atoms with Crippen molar-refractivity contribution in [1.82, 2.24) is 9.29 Å². The smallest absolute Gasteiger partial charge is 0.242 e. The summed E-state index contributed by atoms with van der Waals surface area (Å²) >= 11 is 0. The van der Waals surface area contributed by atoms with Gasteiger partial charge in [0.25, 0.3) is 0 Å². The highest BCUT2D eigenvalue weighted by atomic mass is 32.2. The first-order chi connectivity index (χ1) is 10.0. The van der Waals surface area contributed by atoms with Crippen molar-refractivity contribution < 1.29 is 8.42 Å². The number of aromatic nitrogens is 1. The van der Waals surface area contributed by atoms with Crippen molar-refractivity contribution in [3.05, 3.63) is 18.0 Å². The number of rotatable bonds is 6. The number of hydrogen-bond donors (Lipinski definition) is 2. The molecule has 1 aromatic heterocycles. The maximum atomic E-state index is 12.6. The molecule has 5 nitrogen and oxygen atoms in total. The number of sulfonamides is 1. The molecule has 1 fully saturated rings. The fraction of sp³-hybridized carbons (Fsp3) is 0.733. The highest BCUT2D eigenvalue weighted by Crippen LogP contribution is 2.28. The fourth-order valence-electron chi connectivity index (χ4n) is 3.26. The molecule has 21 heavy (non-hydrogen) atoms. The lowest BCUT2D eigenvalue weighted by Crippen LogP contribution is -2.41. The standard InChI is InChI=1S/C15H27N3O2S/c1-3-12-7-5-6-8-15(12)17-21(19,20)14-9-13(10-16)18(4-2)11-14/h9,11-12,15,17H,3-8,10,16H2,1-2H3. The van der Waals surface area contributed by atoms with Gasteiger partial charge in [-0.2, -0.15) is 0 Å². The molecule has 1 aromatic rings. The molecule has 0 aliphatic heterocycles. The van der Waals surface area contributed by atoms with Crippen LogP contribution in [0.4, 0.5) is 0 Å². The van der Waals surface area contributed by atoms with Crippen LogP contribution in [0.25, 0.3) is 0 Å². The van der Waals surface area contributed by atoms with Crippen molar-refractivity contribution >= 4 is 10.0 Å². The maximum absolute atomic E-state index is 12.6. The first-order valence-electron chi connectivity index (χ1n) is 7.93. The average molecular weight is 313 g/mol. The van der Waals surface area contributed by atoms with E-state index in [2.05, 4.69) is 11.6 Å². The lowest BCUT2D eigenvalue weighted by atomic mass is 9.83. The Bertz CT molecular complexity index is 544. The van der Waals surface area contributed by atoms with Crippen molar-refractivity contribution in [3.63, 3.8) is 0 Å². The maximum Gasteiger partial charge on any atom is 0.242 e. The zero-order valence-electron chi connectivity index (χ0n) is 13.0. The Kier molecular flexibility index (Phi) is 5.46.